The van der Waals surface area contributed by atoms with E-state index in [4.69, 9.17) is 10.5 Å². The molecule has 0 aliphatic carbocycles. The van der Waals surface area contributed by atoms with E-state index in [1.807, 2.05) is 6.92 Å². The van der Waals surface area contributed by atoms with E-state index in [1.54, 1.807) is 6.07 Å². The molecular formula is C16H23FN2O2. The van der Waals surface area contributed by atoms with Crippen LogP contribution in [0.5, 0.6) is 0 Å². The van der Waals surface area contributed by atoms with Gasteiger partial charge in [0, 0.05) is 13.1 Å². The molecule has 1 fully saturated rings. The van der Waals surface area contributed by atoms with Crippen molar-refractivity contribution in [1.29, 1.82) is 0 Å². The number of ether oxygens (including phenoxy) is 1. The van der Waals surface area contributed by atoms with Crippen LogP contribution in [0.3, 0.4) is 0 Å². The van der Waals surface area contributed by atoms with Gasteiger partial charge in [-0.1, -0.05) is 12.5 Å². The summed E-state index contributed by atoms with van der Waals surface area (Å²) in [5, 5.41) is 0. The number of likely N-dealkylation sites (tertiary alicyclic amines) is 1. The van der Waals surface area contributed by atoms with Crippen molar-refractivity contribution in [2.75, 3.05) is 13.2 Å². The summed E-state index contributed by atoms with van der Waals surface area (Å²) < 4.78 is 18.4. The molecule has 1 unspecified atom stereocenters. The highest BCUT2D eigenvalue weighted by molar-refractivity contribution is 5.75. The maximum atomic E-state index is 13.3. The second kappa shape index (κ2) is 7.52. The summed E-state index contributed by atoms with van der Waals surface area (Å²) in [5.41, 5.74) is 7.47. The molecule has 5 heteroatoms. The number of halogens is 1. The lowest BCUT2D eigenvalue weighted by Crippen LogP contribution is -2.45. The minimum Gasteiger partial charge on any atom is -0.465 e. The fourth-order valence-corrected chi connectivity index (χ4v) is 2.84. The third kappa shape index (κ3) is 4.02. The van der Waals surface area contributed by atoms with Crippen LogP contribution < -0.4 is 5.73 Å². The maximum Gasteiger partial charge on any atom is 0.323 e. The SMILES string of the molecule is CCOC(=O)C1CCCCN1Cc1ccc(F)cc1CN. The standard InChI is InChI=1S/C16H23FN2O2/c1-2-21-16(20)15-5-3-4-8-19(15)11-12-6-7-14(17)9-13(12)10-18/h6-7,9,15H,2-5,8,10-11,18H2,1H3. The monoisotopic (exact) mass is 294 g/mol. The molecule has 2 rings (SSSR count). The lowest BCUT2D eigenvalue weighted by Gasteiger charge is -2.34. The first-order valence-corrected chi connectivity index (χ1v) is 7.53. The molecule has 1 saturated heterocycles. The maximum absolute atomic E-state index is 13.3. The summed E-state index contributed by atoms with van der Waals surface area (Å²) in [6.45, 7) is 3.97. The Labute approximate surface area is 125 Å². The van der Waals surface area contributed by atoms with E-state index in [9.17, 15) is 9.18 Å². The van der Waals surface area contributed by atoms with Crippen molar-refractivity contribution < 1.29 is 13.9 Å². The van der Waals surface area contributed by atoms with Crippen LogP contribution in [0.4, 0.5) is 4.39 Å². The molecule has 0 spiro atoms. The molecule has 0 radical (unpaired) electrons. The Kier molecular flexibility index (Phi) is 5.70. The van der Waals surface area contributed by atoms with Gasteiger partial charge in [0.1, 0.15) is 11.9 Å². The second-order valence-corrected chi connectivity index (χ2v) is 5.35. The van der Waals surface area contributed by atoms with Gasteiger partial charge in [0.2, 0.25) is 0 Å². The van der Waals surface area contributed by atoms with Crippen LogP contribution in [0.15, 0.2) is 18.2 Å². The van der Waals surface area contributed by atoms with E-state index >= 15 is 0 Å². The van der Waals surface area contributed by atoms with Gasteiger partial charge in [-0.05, 0) is 49.6 Å². The average molecular weight is 294 g/mol. The largest absolute Gasteiger partial charge is 0.465 e. The molecule has 1 aromatic carbocycles. The first kappa shape index (κ1) is 15.9. The van der Waals surface area contributed by atoms with Gasteiger partial charge < -0.3 is 10.5 Å². The minimum absolute atomic E-state index is 0.159. The number of piperidine rings is 1. The normalized spacial score (nSPS) is 19.5. The fraction of sp³-hybridized carbons (Fsp3) is 0.562. The molecule has 0 amide bonds. The molecule has 21 heavy (non-hydrogen) atoms. The first-order valence-electron chi connectivity index (χ1n) is 7.53. The van der Waals surface area contributed by atoms with E-state index in [0.29, 0.717) is 19.7 Å². The highest BCUT2D eigenvalue weighted by atomic mass is 19.1. The van der Waals surface area contributed by atoms with Crippen LogP contribution in [0.25, 0.3) is 0 Å². The molecular weight excluding hydrogens is 271 g/mol. The van der Waals surface area contributed by atoms with Crippen LogP contribution in [-0.4, -0.2) is 30.1 Å². The number of rotatable bonds is 5. The molecule has 4 nitrogen and oxygen atoms in total. The number of hydrogen-bond donors (Lipinski definition) is 1. The van der Waals surface area contributed by atoms with Crippen molar-refractivity contribution >= 4 is 5.97 Å². The third-order valence-electron chi connectivity index (χ3n) is 3.93. The zero-order valence-electron chi connectivity index (χ0n) is 12.5. The smallest absolute Gasteiger partial charge is 0.323 e. The zero-order chi connectivity index (χ0) is 15.2. The van der Waals surface area contributed by atoms with Crippen LogP contribution in [0.2, 0.25) is 0 Å². The molecule has 1 heterocycles. The van der Waals surface area contributed by atoms with Gasteiger partial charge in [-0.3, -0.25) is 9.69 Å². The van der Waals surface area contributed by atoms with E-state index in [-0.39, 0.29) is 17.8 Å². The molecule has 1 aliphatic heterocycles. The number of nitrogens with zero attached hydrogens (tertiary/aromatic N) is 1. The average Bonchev–Trinajstić information content (AvgIpc) is 2.49. The summed E-state index contributed by atoms with van der Waals surface area (Å²) in [6, 6.07) is 4.47. The summed E-state index contributed by atoms with van der Waals surface area (Å²) >= 11 is 0. The Morgan fingerprint density at radius 2 is 2.24 bits per heavy atom. The topological polar surface area (TPSA) is 55.6 Å². The third-order valence-corrected chi connectivity index (χ3v) is 3.93. The Hall–Kier alpha value is -1.46. The molecule has 2 N–H and O–H groups in total. The van der Waals surface area contributed by atoms with Gasteiger partial charge in [0.05, 0.1) is 6.61 Å². The van der Waals surface area contributed by atoms with Gasteiger partial charge >= 0.3 is 5.97 Å². The number of nitrogens with two attached hydrogens (primary N) is 1. The van der Waals surface area contributed by atoms with E-state index < -0.39 is 0 Å². The second-order valence-electron chi connectivity index (χ2n) is 5.35. The van der Waals surface area contributed by atoms with Gasteiger partial charge in [0.15, 0.2) is 0 Å². The first-order chi connectivity index (χ1) is 10.2. The summed E-state index contributed by atoms with van der Waals surface area (Å²) in [4.78, 5) is 14.2. The van der Waals surface area contributed by atoms with Crippen LogP contribution in [0, 0.1) is 5.82 Å². The lowest BCUT2D eigenvalue weighted by molar-refractivity contribution is -0.151. The predicted molar refractivity (Wildman–Crippen MR) is 79.0 cm³/mol. The van der Waals surface area contributed by atoms with Crippen molar-refractivity contribution in [2.24, 2.45) is 5.73 Å². The Bertz CT molecular complexity index is 493. The van der Waals surface area contributed by atoms with Crippen molar-refractivity contribution in [3.8, 4) is 0 Å². The number of carbonyl (C=O) groups is 1. The van der Waals surface area contributed by atoms with Crippen molar-refractivity contribution in [3.05, 3.63) is 35.1 Å². The highest BCUT2D eigenvalue weighted by Crippen LogP contribution is 2.22. The lowest BCUT2D eigenvalue weighted by atomic mass is 9.99. The van der Waals surface area contributed by atoms with Crippen molar-refractivity contribution in [3.63, 3.8) is 0 Å². The summed E-state index contributed by atoms with van der Waals surface area (Å²) in [5.74, 6) is -0.437. The number of hydrogen-bond acceptors (Lipinski definition) is 4. The zero-order valence-corrected chi connectivity index (χ0v) is 12.5. The van der Waals surface area contributed by atoms with Crippen molar-refractivity contribution in [2.45, 2.75) is 45.3 Å². The van der Waals surface area contributed by atoms with Gasteiger partial charge in [-0.2, -0.15) is 0 Å². The van der Waals surface area contributed by atoms with Crippen LogP contribution in [-0.2, 0) is 22.6 Å². The molecule has 1 atom stereocenters. The Morgan fingerprint density at radius 1 is 1.43 bits per heavy atom. The van der Waals surface area contributed by atoms with E-state index in [2.05, 4.69) is 4.90 Å². The predicted octanol–water partition coefficient (Wildman–Crippen LogP) is 2.20. The Balaban J connectivity index is 2.13. The molecule has 0 bridgehead atoms. The fourth-order valence-electron chi connectivity index (χ4n) is 2.84. The van der Waals surface area contributed by atoms with Gasteiger partial charge in [-0.15, -0.1) is 0 Å². The molecule has 1 aliphatic rings. The highest BCUT2D eigenvalue weighted by Gasteiger charge is 2.30. The number of benzene rings is 1. The molecule has 0 aromatic heterocycles. The van der Waals surface area contributed by atoms with E-state index in [1.165, 1.54) is 12.1 Å². The molecule has 0 saturated carbocycles. The molecule has 1 aromatic rings. The summed E-state index contributed by atoms with van der Waals surface area (Å²) in [6.07, 6.45) is 2.92. The van der Waals surface area contributed by atoms with Gasteiger partial charge in [-0.25, -0.2) is 4.39 Å². The van der Waals surface area contributed by atoms with Crippen molar-refractivity contribution in [1.82, 2.24) is 4.90 Å². The van der Waals surface area contributed by atoms with E-state index in [0.717, 1.165) is 36.9 Å². The minimum atomic E-state index is -0.278. The van der Waals surface area contributed by atoms with Crippen LogP contribution in [0.1, 0.15) is 37.3 Å². The Morgan fingerprint density at radius 3 is 2.95 bits per heavy atom. The number of esters is 1. The quantitative estimate of drug-likeness (QED) is 0.846. The summed E-state index contributed by atoms with van der Waals surface area (Å²) in [7, 11) is 0. The van der Waals surface area contributed by atoms with Crippen LogP contribution >= 0.6 is 0 Å². The van der Waals surface area contributed by atoms with Gasteiger partial charge in [0.25, 0.3) is 0 Å². The molecule has 116 valence electrons. The number of carbonyl (C=O) groups excluding carboxylic acids is 1.